The fourth-order valence-electron chi connectivity index (χ4n) is 3.45. The van der Waals surface area contributed by atoms with Crippen molar-refractivity contribution in [1.29, 1.82) is 0 Å². The number of para-hydroxylation sites is 1. The summed E-state index contributed by atoms with van der Waals surface area (Å²) < 4.78 is 1.96. The van der Waals surface area contributed by atoms with Gasteiger partial charge in [-0.3, -0.25) is 9.36 Å². The summed E-state index contributed by atoms with van der Waals surface area (Å²) in [6.45, 7) is 4.03. The standard InChI is InChI=1S/C19H26N4OS/c1-14-9-7-8-12-17(14)23-13-20-21-19(23)25-15(2)18(24)22(3)16-10-5-4-6-11-16/h7-9,12-13,15-16H,4-6,10-11H2,1-3H3/t15-/m0/s1. The van der Waals surface area contributed by atoms with Gasteiger partial charge in [-0.15, -0.1) is 10.2 Å². The van der Waals surface area contributed by atoms with Gasteiger partial charge in [0, 0.05) is 13.1 Å². The molecule has 1 aromatic carbocycles. The van der Waals surface area contributed by atoms with E-state index in [9.17, 15) is 4.79 Å². The van der Waals surface area contributed by atoms with Crippen LogP contribution in [0.2, 0.25) is 0 Å². The highest BCUT2D eigenvalue weighted by Crippen LogP contribution is 2.28. The molecule has 1 aliphatic rings. The van der Waals surface area contributed by atoms with Crippen LogP contribution in [0.1, 0.15) is 44.6 Å². The van der Waals surface area contributed by atoms with Gasteiger partial charge in [0.1, 0.15) is 6.33 Å². The Morgan fingerprint density at radius 2 is 2.00 bits per heavy atom. The highest BCUT2D eigenvalue weighted by Gasteiger charge is 2.27. The maximum absolute atomic E-state index is 12.8. The van der Waals surface area contributed by atoms with E-state index >= 15 is 0 Å². The van der Waals surface area contributed by atoms with Gasteiger partial charge in [0.05, 0.1) is 10.9 Å². The fourth-order valence-corrected chi connectivity index (χ4v) is 4.38. The van der Waals surface area contributed by atoms with Crippen molar-refractivity contribution in [3.63, 3.8) is 0 Å². The third-order valence-electron chi connectivity index (χ3n) is 4.99. The average Bonchev–Trinajstić information content (AvgIpc) is 3.09. The Labute approximate surface area is 153 Å². The molecule has 0 N–H and O–H groups in total. The number of amides is 1. The summed E-state index contributed by atoms with van der Waals surface area (Å²) in [4.78, 5) is 14.8. The van der Waals surface area contributed by atoms with E-state index in [1.807, 2.05) is 41.6 Å². The van der Waals surface area contributed by atoms with E-state index in [1.54, 1.807) is 6.33 Å². The van der Waals surface area contributed by atoms with Gasteiger partial charge in [0.2, 0.25) is 5.91 Å². The number of nitrogens with zero attached hydrogens (tertiary/aromatic N) is 4. The molecule has 1 saturated carbocycles. The second-order valence-electron chi connectivity index (χ2n) is 6.77. The predicted octanol–water partition coefficient (Wildman–Crippen LogP) is 3.85. The number of thioether (sulfide) groups is 1. The molecule has 0 saturated heterocycles. The van der Waals surface area contributed by atoms with Crippen molar-refractivity contribution in [2.24, 2.45) is 0 Å². The first kappa shape index (κ1) is 18.0. The molecule has 0 unspecified atom stereocenters. The van der Waals surface area contributed by atoms with Gasteiger partial charge in [-0.2, -0.15) is 0 Å². The normalized spacial score (nSPS) is 16.6. The van der Waals surface area contributed by atoms with E-state index in [4.69, 9.17) is 0 Å². The van der Waals surface area contributed by atoms with Crippen LogP contribution in [-0.2, 0) is 4.79 Å². The molecule has 1 aromatic heterocycles. The van der Waals surface area contributed by atoms with E-state index in [1.165, 1.54) is 31.0 Å². The highest BCUT2D eigenvalue weighted by atomic mass is 32.2. The minimum absolute atomic E-state index is 0.177. The Bertz CT molecular complexity index is 724. The van der Waals surface area contributed by atoms with Crippen LogP contribution in [0.15, 0.2) is 35.7 Å². The molecule has 5 nitrogen and oxygen atoms in total. The molecule has 0 bridgehead atoms. The Kier molecular flexibility index (Phi) is 5.78. The molecule has 6 heteroatoms. The van der Waals surface area contributed by atoms with Crippen molar-refractivity contribution in [3.8, 4) is 5.69 Å². The summed E-state index contributed by atoms with van der Waals surface area (Å²) in [6, 6.07) is 8.51. The molecule has 0 radical (unpaired) electrons. The summed E-state index contributed by atoms with van der Waals surface area (Å²) in [7, 11) is 1.95. The monoisotopic (exact) mass is 358 g/mol. The molecular weight excluding hydrogens is 332 g/mol. The van der Waals surface area contributed by atoms with Crippen molar-refractivity contribution in [3.05, 3.63) is 36.2 Å². The van der Waals surface area contributed by atoms with Gasteiger partial charge in [-0.1, -0.05) is 49.2 Å². The summed E-state index contributed by atoms with van der Waals surface area (Å²) in [5, 5.41) is 8.86. The number of carbonyl (C=O) groups excluding carboxylic acids is 1. The zero-order valence-corrected chi connectivity index (χ0v) is 16.0. The van der Waals surface area contributed by atoms with Crippen LogP contribution >= 0.6 is 11.8 Å². The summed E-state index contributed by atoms with van der Waals surface area (Å²) >= 11 is 1.48. The van der Waals surface area contributed by atoms with Gasteiger partial charge < -0.3 is 4.90 Å². The molecular formula is C19H26N4OS. The second kappa shape index (κ2) is 8.04. The third kappa shape index (κ3) is 4.06. The molecule has 1 fully saturated rings. The highest BCUT2D eigenvalue weighted by molar-refractivity contribution is 8.00. The zero-order chi connectivity index (χ0) is 17.8. The number of rotatable bonds is 5. The number of aromatic nitrogens is 3. The minimum Gasteiger partial charge on any atom is -0.342 e. The Balaban J connectivity index is 1.71. The van der Waals surface area contributed by atoms with Crippen LogP contribution in [0.5, 0.6) is 0 Å². The van der Waals surface area contributed by atoms with Crippen molar-refractivity contribution < 1.29 is 4.79 Å². The molecule has 25 heavy (non-hydrogen) atoms. The van der Waals surface area contributed by atoms with Crippen molar-refractivity contribution in [2.75, 3.05) is 7.05 Å². The molecule has 1 heterocycles. The van der Waals surface area contributed by atoms with Crippen LogP contribution in [0.4, 0.5) is 0 Å². The van der Waals surface area contributed by atoms with Crippen molar-refractivity contribution in [1.82, 2.24) is 19.7 Å². The molecule has 3 rings (SSSR count). The maximum Gasteiger partial charge on any atom is 0.235 e. The van der Waals surface area contributed by atoms with E-state index in [2.05, 4.69) is 23.2 Å². The first-order valence-corrected chi connectivity index (χ1v) is 9.85. The molecule has 1 atom stereocenters. The average molecular weight is 359 g/mol. The SMILES string of the molecule is Cc1ccccc1-n1cnnc1S[C@@H](C)C(=O)N(C)C1CCCCC1. The van der Waals surface area contributed by atoms with Gasteiger partial charge in [-0.25, -0.2) is 0 Å². The second-order valence-corrected chi connectivity index (χ2v) is 8.08. The maximum atomic E-state index is 12.8. The van der Waals surface area contributed by atoms with E-state index in [0.29, 0.717) is 6.04 Å². The van der Waals surface area contributed by atoms with Crippen LogP contribution in [0.25, 0.3) is 5.69 Å². The molecule has 1 amide bonds. The molecule has 2 aromatic rings. The lowest BCUT2D eigenvalue weighted by Crippen LogP contribution is -2.42. The summed E-state index contributed by atoms with van der Waals surface area (Å²) in [5.41, 5.74) is 2.21. The molecule has 1 aliphatic carbocycles. The third-order valence-corrected chi connectivity index (χ3v) is 6.04. The number of hydrogen-bond donors (Lipinski definition) is 0. The van der Waals surface area contributed by atoms with Gasteiger partial charge in [-0.05, 0) is 38.3 Å². The quantitative estimate of drug-likeness (QED) is 0.762. The smallest absolute Gasteiger partial charge is 0.235 e. The van der Waals surface area contributed by atoms with Crippen LogP contribution < -0.4 is 0 Å². The molecule has 134 valence electrons. The van der Waals surface area contributed by atoms with E-state index in [-0.39, 0.29) is 11.2 Å². The Hall–Kier alpha value is -1.82. The molecule has 0 aliphatic heterocycles. The topological polar surface area (TPSA) is 51.0 Å². The molecule has 0 spiro atoms. The van der Waals surface area contributed by atoms with Crippen LogP contribution in [-0.4, -0.2) is 43.9 Å². The van der Waals surface area contributed by atoms with Crippen LogP contribution in [0.3, 0.4) is 0 Å². The largest absolute Gasteiger partial charge is 0.342 e. The van der Waals surface area contributed by atoms with Crippen LogP contribution in [0, 0.1) is 6.92 Å². The number of hydrogen-bond acceptors (Lipinski definition) is 4. The lowest BCUT2D eigenvalue weighted by Gasteiger charge is -2.32. The van der Waals surface area contributed by atoms with Gasteiger partial charge in [0.25, 0.3) is 0 Å². The van der Waals surface area contributed by atoms with Crippen molar-refractivity contribution in [2.45, 2.75) is 62.4 Å². The first-order chi connectivity index (χ1) is 12.1. The number of benzene rings is 1. The Morgan fingerprint density at radius 3 is 2.72 bits per heavy atom. The summed E-state index contributed by atoms with van der Waals surface area (Å²) in [5.74, 6) is 0.177. The van der Waals surface area contributed by atoms with Gasteiger partial charge in [0.15, 0.2) is 5.16 Å². The lowest BCUT2D eigenvalue weighted by molar-refractivity contribution is -0.131. The Morgan fingerprint density at radius 1 is 1.28 bits per heavy atom. The zero-order valence-electron chi connectivity index (χ0n) is 15.2. The number of aryl methyl sites for hydroxylation is 1. The van der Waals surface area contributed by atoms with Gasteiger partial charge >= 0.3 is 0 Å². The minimum atomic E-state index is -0.182. The van der Waals surface area contributed by atoms with E-state index in [0.717, 1.165) is 29.2 Å². The van der Waals surface area contributed by atoms with E-state index < -0.39 is 0 Å². The predicted molar refractivity (Wildman–Crippen MR) is 101 cm³/mol. The first-order valence-electron chi connectivity index (χ1n) is 8.97. The number of carbonyl (C=O) groups is 1. The lowest BCUT2D eigenvalue weighted by atomic mass is 9.94. The fraction of sp³-hybridized carbons (Fsp3) is 0.526. The summed E-state index contributed by atoms with van der Waals surface area (Å²) in [6.07, 6.45) is 7.71. The van der Waals surface area contributed by atoms with Crippen molar-refractivity contribution >= 4 is 17.7 Å².